The van der Waals surface area contributed by atoms with E-state index in [1.165, 1.54) is 28.9 Å². The fourth-order valence-electron chi connectivity index (χ4n) is 4.10. The van der Waals surface area contributed by atoms with E-state index in [4.69, 9.17) is 22.1 Å². The van der Waals surface area contributed by atoms with Gasteiger partial charge in [0.15, 0.2) is 11.6 Å². The van der Waals surface area contributed by atoms with Crippen LogP contribution in [-0.4, -0.2) is 67.7 Å². The number of primary amides is 1. The molecule has 1 amide bonds. The average molecular weight is 557 g/mol. The molecule has 0 atom stereocenters. The van der Waals surface area contributed by atoms with Gasteiger partial charge in [-0.05, 0) is 37.1 Å². The SMILES string of the molecule is NC(=O)OCCn1cc(-n2c(C3CC3)c(Sc3cccc(C(=O)O)c3F)c3ccc(Cl)c(F)c32)cn1.[NaH]. The van der Waals surface area contributed by atoms with Crippen molar-refractivity contribution in [2.75, 3.05) is 6.61 Å². The summed E-state index contributed by atoms with van der Waals surface area (Å²) in [5.41, 5.74) is 6.09. The molecule has 2 heterocycles. The summed E-state index contributed by atoms with van der Waals surface area (Å²) in [6, 6.07) is 7.28. The van der Waals surface area contributed by atoms with Crippen LogP contribution in [0.2, 0.25) is 5.02 Å². The third-order valence-corrected chi connectivity index (χ3v) is 7.28. The van der Waals surface area contributed by atoms with Crippen molar-refractivity contribution in [2.45, 2.75) is 35.1 Å². The van der Waals surface area contributed by atoms with E-state index in [0.717, 1.165) is 30.3 Å². The van der Waals surface area contributed by atoms with Crippen molar-refractivity contribution in [3.8, 4) is 5.69 Å². The summed E-state index contributed by atoms with van der Waals surface area (Å²) in [5, 5.41) is 14.1. The Kier molecular flexibility index (Phi) is 8.20. The molecule has 5 rings (SSSR count). The van der Waals surface area contributed by atoms with Gasteiger partial charge in [-0.3, -0.25) is 4.68 Å². The molecule has 1 aliphatic rings. The number of carboxylic acids is 1. The third kappa shape index (κ3) is 5.37. The van der Waals surface area contributed by atoms with Crippen LogP contribution < -0.4 is 5.73 Å². The number of carboxylic acid groups (broad SMARTS) is 1. The van der Waals surface area contributed by atoms with E-state index >= 15 is 8.78 Å². The molecule has 8 nitrogen and oxygen atoms in total. The van der Waals surface area contributed by atoms with E-state index in [-0.39, 0.29) is 64.1 Å². The summed E-state index contributed by atoms with van der Waals surface area (Å²) >= 11 is 7.20. The van der Waals surface area contributed by atoms with Gasteiger partial charge in [-0.2, -0.15) is 5.10 Å². The fourth-order valence-corrected chi connectivity index (χ4v) is 5.45. The summed E-state index contributed by atoms with van der Waals surface area (Å²) in [6.07, 6.45) is 4.05. The van der Waals surface area contributed by atoms with E-state index in [2.05, 4.69) is 5.10 Å². The molecule has 1 aliphatic carbocycles. The maximum absolute atomic E-state index is 15.5. The summed E-state index contributed by atoms with van der Waals surface area (Å²) in [4.78, 5) is 23.0. The van der Waals surface area contributed by atoms with Gasteiger partial charge < -0.3 is 20.1 Å². The van der Waals surface area contributed by atoms with Gasteiger partial charge in [0.1, 0.15) is 6.61 Å². The van der Waals surface area contributed by atoms with Crippen molar-refractivity contribution in [2.24, 2.45) is 5.73 Å². The molecule has 4 aromatic rings. The number of ether oxygens (including phenoxy) is 1. The van der Waals surface area contributed by atoms with Crippen molar-refractivity contribution < 1.29 is 28.2 Å². The molecule has 0 spiro atoms. The van der Waals surface area contributed by atoms with Gasteiger partial charge in [-0.1, -0.05) is 29.4 Å². The summed E-state index contributed by atoms with van der Waals surface area (Å²) in [7, 11) is 0. The Morgan fingerprint density at radius 3 is 2.65 bits per heavy atom. The monoisotopic (exact) mass is 556 g/mol. The van der Waals surface area contributed by atoms with Crippen LogP contribution in [0.25, 0.3) is 16.6 Å². The van der Waals surface area contributed by atoms with Gasteiger partial charge in [0.2, 0.25) is 0 Å². The zero-order chi connectivity index (χ0) is 25.6. The molecule has 3 N–H and O–H groups in total. The minimum atomic E-state index is -1.37. The predicted octanol–water partition coefficient (Wildman–Crippen LogP) is 4.93. The quantitative estimate of drug-likeness (QED) is 0.298. The fraction of sp³-hybridized carbons (Fsp3) is 0.208. The van der Waals surface area contributed by atoms with Crippen LogP contribution in [-0.2, 0) is 11.3 Å². The Balaban J connectivity index is 0.00000320. The number of carbonyl (C=O) groups is 2. The Bertz CT molecular complexity index is 1520. The van der Waals surface area contributed by atoms with Crippen LogP contribution in [0, 0.1) is 11.6 Å². The Morgan fingerprint density at radius 2 is 1.97 bits per heavy atom. The van der Waals surface area contributed by atoms with Gasteiger partial charge in [-0.25, -0.2) is 18.4 Å². The number of benzene rings is 2. The first-order valence-corrected chi connectivity index (χ1v) is 12.1. The van der Waals surface area contributed by atoms with Crippen LogP contribution in [0.4, 0.5) is 13.6 Å². The molecule has 37 heavy (non-hydrogen) atoms. The Hall–Kier alpha value is -2.57. The first-order valence-electron chi connectivity index (χ1n) is 10.9. The number of nitrogens with zero attached hydrogens (tertiary/aromatic N) is 3. The number of carbonyl (C=O) groups excluding carboxylic acids is 1. The second kappa shape index (κ2) is 11.0. The van der Waals surface area contributed by atoms with Crippen molar-refractivity contribution in [1.29, 1.82) is 0 Å². The number of halogens is 3. The second-order valence-corrected chi connectivity index (χ2v) is 9.69. The van der Waals surface area contributed by atoms with E-state index in [1.807, 2.05) is 0 Å². The normalized spacial score (nSPS) is 12.9. The average Bonchev–Trinajstić information content (AvgIpc) is 3.47. The number of hydrogen-bond donors (Lipinski definition) is 2. The summed E-state index contributed by atoms with van der Waals surface area (Å²) in [6.45, 7) is 0.248. The number of aromatic carboxylic acids is 1. The number of hydrogen-bond acceptors (Lipinski definition) is 5. The molecular formula is C24H20ClF2N4NaO4S. The van der Waals surface area contributed by atoms with Crippen molar-refractivity contribution in [3.05, 3.63) is 70.6 Å². The number of nitrogens with two attached hydrogens (primary N) is 1. The molecule has 1 fully saturated rings. The molecular weight excluding hydrogens is 537 g/mol. The zero-order valence-corrected chi connectivity index (χ0v) is 20.2. The second-order valence-electron chi connectivity index (χ2n) is 8.24. The Morgan fingerprint density at radius 1 is 1.22 bits per heavy atom. The molecule has 1 saturated carbocycles. The molecule has 188 valence electrons. The van der Waals surface area contributed by atoms with Crippen molar-refractivity contribution in [3.63, 3.8) is 0 Å². The van der Waals surface area contributed by atoms with Crippen LogP contribution in [0.3, 0.4) is 0 Å². The van der Waals surface area contributed by atoms with Gasteiger partial charge in [0, 0.05) is 33.0 Å². The molecule has 0 radical (unpaired) electrons. The molecule has 0 aliphatic heterocycles. The van der Waals surface area contributed by atoms with E-state index in [9.17, 15) is 14.7 Å². The Labute approximate surface area is 241 Å². The third-order valence-electron chi connectivity index (χ3n) is 5.82. The van der Waals surface area contributed by atoms with Crippen molar-refractivity contribution >= 4 is 75.9 Å². The number of amides is 1. The molecule has 2 aromatic carbocycles. The molecule has 0 bridgehead atoms. The maximum atomic E-state index is 15.5. The number of aromatic nitrogens is 3. The van der Waals surface area contributed by atoms with Gasteiger partial charge in [0.05, 0.1) is 34.5 Å². The number of rotatable bonds is 8. The first-order chi connectivity index (χ1) is 17.3. The van der Waals surface area contributed by atoms with Crippen LogP contribution in [0.5, 0.6) is 0 Å². The zero-order valence-electron chi connectivity index (χ0n) is 18.6. The van der Waals surface area contributed by atoms with Gasteiger partial charge in [-0.15, -0.1) is 0 Å². The van der Waals surface area contributed by atoms with E-state index in [0.29, 0.717) is 16.0 Å². The minimum absolute atomic E-state index is 0. The van der Waals surface area contributed by atoms with Crippen LogP contribution >= 0.6 is 23.4 Å². The van der Waals surface area contributed by atoms with Gasteiger partial charge in [0.25, 0.3) is 0 Å². The molecule has 0 unspecified atom stereocenters. The van der Waals surface area contributed by atoms with Crippen molar-refractivity contribution in [1.82, 2.24) is 14.3 Å². The van der Waals surface area contributed by atoms with Gasteiger partial charge >= 0.3 is 41.6 Å². The van der Waals surface area contributed by atoms with E-state index < -0.39 is 29.3 Å². The first kappa shape index (κ1) is 27.5. The van der Waals surface area contributed by atoms with E-state index in [1.54, 1.807) is 23.0 Å². The topological polar surface area (TPSA) is 112 Å². The molecule has 13 heteroatoms. The number of fused-ring (bicyclic) bond motifs is 1. The summed E-state index contributed by atoms with van der Waals surface area (Å²) in [5.74, 6) is -2.77. The van der Waals surface area contributed by atoms with Crippen LogP contribution in [0.1, 0.15) is 34.8 Å². The molecule has 0 saturated heterocycles. The summed E-state index contributed by atoms with van der Waals surface area (Å²) < 4.78 is 38.6. The molecule has 2 aromatic heterocycles. The predicted molar refractivity (Wildman–Crippen MR) is 136 cm³/mol. The van der Waals surface area contributed by atoms with Crippen LogP contribution in [0.15, 0.2) is 52.5 Å². The standard InChI is InChI=1S/C24H19ClF2N4O4S.Na.H/c25-16-7-6-15-21(19(16)27)31(13-10-29-30(11-13)8-9-35-24(28)34)20(12-4-5-12)22(15)36-17-3-1-2-14(18(17)26)23(32)33;;/h1-3,6-7,10-12H,4-5,8-9H2,(H2,28,34)(H,32,33);;.